The average Bonchev–Trinajstić information content (AvgIpc) is 3.07. The van der Waals surface area contributed by atoms with Gasteiger partial charge in [0.2, 0.25) is 0 Å². The first kappa shape index (κ1) is 20.3. The van der Waals surface area contributed by atoms with E-state index in [1.807, 2.05) is 38.1 Å². The third kappa shape index (κ3) is 5.28. The number of para-hydroxylation sites is 1. The van der Waals surface area contributed by atoms with E-state index in [1.165, 1.54) is 0 Å². The number of rotatable bonds is 9. The summed E-state index contributed by atoms with van der Waals surface area (Å²) in [4.78, 5) is 12.6. The number of benzene rings is 2. The van der Waals surface area contributed by atoms with Crippen LogP contribution in [0, 0.1) is 13.8 Å². The molecule has 7 nitrogen and oxygen atoms in total. The van der Waals surface area contributed by atoms with E-state index in [0.717, 1.165) is 17.0 Å². The van der Waals surface area contributed by atoms with Crippen molar-refractivity contribution in [1.82, 2.24) is 10.5 Å². The van der Waals surface area contributed by atoms with Gasteiger partial charge in [-0.15, -0.1) is 0 Å². The Hall–Kier alpha value is -3.48. The minimum Gasteiger partial charge on any atom is -0.497 e. The van der Waals surface area contributed by atoms with Gasteiger partial charge < -0.3 is 24.1 Å². The van der Waals surface area contributed by atoms with E-state index in [0.29, 0.717) is 36.0 Å². The number of carbonyl (C=O) groups excluding carboxylic acids is 1. The Morgan fingerprint density at radius 3 is 2.62 bits per heavy atom. The highest BCUT2D eigenvalue weighted by Gasteiger charge is 2.14. The maximum Gasteiger partial charge on any atom is 0.255 e. The van der Waals surface area contributed by atoms with Crippen LogP contribution in [-0.4, -0.2) is 31.3 Å². The summed E-state index contributed by atoms with van der Waals surface area (Å²) in [6.07, 6.45) is 0. The zero-order valence-corrected chi connectivity index (χ0v) is 16.7. The predicted molar refractivity (Wildman–Crippen MR) is 108 cm³/mol. The van der Waals surface area contributed by atoms with Gasteiger partial charge in [0.05, 0.1) is 30.5 Å². The fraction of sp³-hybridized carbons (Fsp3) is 0.273. The van der Waals surface area contributed by atoms with E-state index in [2.05, 4.69) is 10.5 Å². The molecular weight excluding hydrogens is 372 g/mol. The van der Waals surface area contributed by atoms with Gasteiger partial charge in [-0.25, -0.2) is 0 Å². The number of methoxy groups -OCH3 is 1. The van der Waals surface area contributed by atoms with Gasteiger partial charge in [-0.1, -0.05) is 23.4 Å². The molecule has 0 radical (unpaired) electrons. The van der Waals surface area contributed by atoms with Crippen molar-refractivity contribution in [2.24, 2.45) is 0 Å². The molecule has 1 N–H and O–H groups in total. The molecule has 3 rings (SSSR count). The molecule has 7 heteroatoms. The topological polar surface area (TPSA) is 82.8 Å². The first-order valence-corrected chi connectivity index (χ1v) is 9.27. The van der Waals surface area contributed by atoms with E-state index in [-0.39, 0.29) is 12.5 Å². The van der Waals surface area contributed by atoms with Gasteiger partial charge in [-0.05, 0) is 38.1 Å². The summed E-state index contributed by atoms with van der Waals surface area (Å²) in [7, 11) is 1.60. The molecule has 0 aliphatic carbocycles. The molecule has 0 aliphatic rings. The van der Waals surface area contributed by atoms with Gasteiger partial charge in [-0.2, -0.15) is 0 Å². The lowest BCUT2D eigenvalue weighted by molar-refractivity contribution is 0.0942. The van der Waals surface area contributed by atoms with Crippen molar-refractivity contribution in [3.05, 3.63) is 71.1 Å². The van der Waals surface area contributed by atoms with Gasteiger partial charge >= 0.3 is 0 Å². The zero-order valence-electron chi connectivity index (χ0n) is 16.7. The molecule has 1 heterocycles. The van der Waals surface area contributed by atoms with Gasteiger partial charge in [-0.3, -0.25) is 4.79 Å². The second-order valence-corrected chi connectivity index (χ2v) is 6.37. The molecular formula is C22H24N2O5. The van der Waals surface area contributed by atoms with Crippen LogP contribution in [0.1, 0.15) is 27.4 Å². The molecule has 1 amide bonds. The normalized spacial score (nSPS) is 10.4. The van der Waals surface area contributed by atoms with Crippen molar-refractivity contribution in [2.45, 2.75) is 20.5 Å². The highest BCUT2D eigenvalue weighted by Crippen LogP contribution is 2.22. The van der Waals surface area contributed by atoms with Crippen molar-refractivity contribution in [2.75, 3.05) is 20.3 Å². The molecule has 3 aromatic rings. The summed E-state index contributed by atoms with van der Waals surface area (Å²) in [6, 6.07) is 14.4. The SMILES string of the molecule is COc1cccc(OCCNC(=O)c2ccccc2OCc2c(C)noc2C)c1. The summed E-state index contributed by atoms with van der Waals surface area (Å²) in [5, 5.41) is 6.76. The number of aromatic nitrogens is 1. The number of hydrogen-bond donors (Lipinski definition) is 1. The van der Waals surface area contributed by atoms with Crippen molar-refractivity contribution in [3.8, 4) is 17.2 Å². The van der Waals surface area contributed by atoms with Crippen LogP contribution in [-0.2, 0) is 6.61 Å². The molecule has 1 aromatic heterocycles. The van der Waals surface area contributed by atoms with Crippen LogP contribution >= 0.6 is 0 Å². The third-order valence-corrected chi connectivity index (χ3v) is 4.38. The monoisotopic (exact) mass is 396 g/mol. The first-order valence-electron chi connectivity index (χ1n) is 9.27. The highest BCUT2D eigenvalue weighted by atomic mass is 16.5. The third-order valence-electron chi connectivity index (χ3n) is 4.38. The fourth-order valence-corrected chi connectivity index (χ4v) is 2.76. The van der Waals surface area contributed by atoms with Crippen molar-refractivity contribution < 1.29 is 23.5 Å². The molecule has 29 heavy (non-hydrogen) atoms. The molecule has 0 saturated heterocycles. The Bertz CT molecular complexity index is 948. The van der Waals surface area contributed by atoms with E-state index < -0.39 is 0 Å². The summed E-state index contributed by atoms with van der Waals surface area (Å²) in [6.45, 7) is 4.66. The standard InChI is InChI=1S/C22H24N2O5/c1-15-20(16(2)29-24-15)14-28-21-10-5-4-9-19(21)22(25)23-11-12-27-18-8-6-7-17(13-18)26-3/h4-10,13H,11-12,14H2,1-3H3,(H,23,25). The Balaban J connectivity index is 1.54. The first-order chi connectivity index (χ1) is 14.1. The number of carbonyl (C=O) groups is 1. The fourth-order valence-electron chi connectivity index (χ4n) is 2.76. The average molecular weight is 396 g/mol. The lowest BCUT2D eigenvalue weighted by atomic mass is 10.2. The molecule has 0 atom stereocenters. The highest BCUT2D eigenvalue weighted by molar-refractivity contribution is 5.96. The number of amides is 1. The van der Waals surface area contributed by atoms with Crippen LogP contribution in [0.2, 0.25) is 0 Å². The second-order valence-electron chi connectivity index (χ2n) is 6.37. The van der Waals surface area contributed by atoms with Gasteiger partial charge in [0.15, 0.2) is 0 Å². The Kier molecular flexibility index (Phi) is 6.73. The number of ether oxygens (including phenoxy) is 3. The predicted octanol–water partition coefficient (Wildman–Crippen LogP) is 3.69. The van der Waals surface area contributed by atoms with Crippen LogP contribution in [0.4, 0.5) is 0 Å². The number of hydrogen-bond acceptors (Lipinski definition) is 6. The quantitative estimate of drug-likeness (QED) is 0.556. The lowest BCUT2D eigenvalue weighted by Gasteiger charge is -2.12. The smallest absolute Gasteiger partial charge is 0.255 e. The maximum absolute atomic E-state index is 12.6. The largest absolute Gasteiger partial charge is 0.497 e. The molecule has 0 fully saturated rings. The van der Waals surface area contributed by atoms with Crippen molar-refractivity contribution in [3.63, 3.8) is 0 Å². The molecule has 2 aromatic carbocycles. The number of nitrogens with zero attached hydrogens (tertiary/aromatic N) is 1. The van der Waals surface area contributed by atoms with Crippen LogP contribution in [0.15, 0.2) is 53.1 Å². The lowest BCUT2D eigenvalue weighted by Crippen LogP contribution is -2.28. The van der Waals surface area contributed by atoms with E-state index in [1.54, 1.807) is 31.4 Å². The molecule has 0 aliphatic heterocycles. The van der Waals surface area contributed by atoms with Crippen LogP contribution < -0.4 is 19.5 Å². The van der Waals surface area contributed by atoms with Crippen LogP contribution in [0.3, 0.4) is 0 Å². The second kappa shape index (κ2) is 9.64. The molecule has 0 spiro atoms. The Morgan fingerprint density at radius 1 is 1.07 bits per heavy atom. The van der Waals surface area contributed by atoms with Crippen LogP contribution in [0.5, 0.6) is 17.2 Å². The minimum atomic E-state index is -0.228. The number of nitrogens with one attached hydrogen (secondary N) is 1. The Labute approximate surface area is 169 Å². The van der Waals surface area contributed by atoms with Crippen molar-refractivity contribution in [1.29, 1.82) is 0 Å². The van der Waals surface area contributed by atoms with Gasteiger partial charge in [0, 0.05) is 6.07 Å². The molecule has 0 unspecified atom stereocenters. The van der Waals surface area contributed by atoms with Gasteiger partial charge in [0.25, 0.3) is 5.91 Å². The van der Waals surface area contributed by atoms with E-state index >= 15 is 0 Å². The summed E-state index contributed by atoms with van der Waals surface area (Å²) in [5.74, 6) is 2.38. The molecule has 152 valence electrons. The van der Waals surface area contributed by atoms with E-state index in [9.17, 15) is 4.79 Å². The van der Waals surface area contributed by atoms with Crippen LogP contribution in [0.25, 0.3) is 0 Å². The van der Waals surface area contributed by atoms with E-state index in [4.69, 9.17) is 18.7 Å². The maximum atomic E-state index is 12.6. The molecule has 0 bridgehead atoms. The van der Waals surface area contributed by atoms with Crippen molar-refractivity contribution >= 4 is 5.91 Å². The Morgan fingerprint density at radius 2 is 1.86 bits per heavy atom. The number of aryl methyl sites for hydroxylation is 2. The molecule has 0 saturated carbocycles. The summed E-state index contributed by atoms with van der Waals surface area (Å²) >= 11 is 0. The summed E-state index contributed by atoms with van der Waals surface area (Å²) in [5.41, 5.74) is 2.12. The minimum absolute atomic E-state index is 0.228. The zero-order chi connectivity index (χ0) is 20.6. The summed E-state index contributed by atoms with van der Waals surface area (Å²) < 4.78 is 21.8. The van der Waals surface area contributed by atoms with Gasteiger partial charge in [0.1, 0.15) is 36.2 Å².